The molecule has 0 spiro atoms. The Morgan fingerprint density at radius 3 is 2.45 bits per heavy atom. The highest BCUT2D eigenvalue weighted by Gasteiger charge is 2.30. The maximum atomic E-state index is 12.3. The number of nitrogens with one attached hydrogen (secondary N) is 1. The van der Waals surface area contributed by atoms with Gasteiger partial charge in [-0.05, 0) is 39.2 Å². The highest BCUT2D eigenvalue weighted by molar-refractivity contribution is 5.78. The van der Waals surface area contributed by atoms with Crippen LogP contribution in [0, 0.1) is 0 Å². The Kier molecular flexibility index (Phi) is 7.52. The first-order valence-electron chi connectivity index (χ1n) is 8.30. The largest absolute Gasteiger partial charge is 0.352 e. The number of hydrogen-bond donors (Lipinski definition) is 2. The predicted octanol–water partition coefficient (Wildman–Crippen LogP) is 2.27. The molecule has 3 N–H and O–H groups in total. The Labute approximate surface area is 124 Å². The lowest BCUT2D eigenvalue weighted by Gasteiger charge is -2.40. The van der Waals surface area contributed by atoms with Crippen molar-refractivity contribution in [1.82, 2.24) is 10.2 Å². The molecule has 4 heteroatoms. The van der Waals surface area contributed by atoms with E-state index in [9.17, 15) is 4.79 Å². The normalized spacial score (nSPS) is 19.9. The van der Waals surface area contributed by atoms with Crippen LogP contribution in [0.4, 0.5) is 0 Å². The minimum atomic E-state index is -0.0695. The van der Waals surface area contributed by atoms with E-state index in [0.29, 0.717) is 19.1 Å². The van der Waals surface area contributed by atoms with Crippen LogP contribution in [0.5, 0.6) is 0 Å². The van der Waals surface area contributed by atoms with Crippen LogP contribution >= 0.6 is 0 Å². The van der Waals surface area contributed by atoms with E-state index in [-0.39, 0.29) is 11.4 Å². The topological polar surface area (TPSA) is 58.4 Å². The molecule has 1 atom stereocenters. The smallest absolute Gasteiger partial charge is 0.234 e. The molecule has 20 heavy (non-hydrogen) atoms. The van der Waals surface area contributed by atoms with Crippen LogP contribution in [-0.4, -0.2) is 42.0 Å². The fourth-order valence-electron chi connectivity index (χ4n) is 3.00. The monoisotopic (exact) mass is 283 g/mol. The van der Waals surface area contributed by atoms with Gasteiger partial charge in [-0.3, -0.25) is 9.69 Å². The molecule has 1 unspecified atom stereocenters. The summed E-state index contributed by atoms with van der Waals surface area (Å²) in [5.74, 6) is 0.165. The van der Waals surface area contributed by atoms with Crippen LogP contribution in [0.2, 0.25) is 0 Å². The number of hydrogen-bond acceptors (Lipinski definition) is 3. The molecule has 0 saturated heterocycles. The third-order valence-electron chi connectivity index (χ3n) is 4.76. The van der Waals surface area contributed by atoms with Crippen molar-refractivity contribution in [3.05, 3.63) is 0 Å². The number of rotatable bonds is 8. The van der Waals surface area contributed by atoms with E-state index in [2.05, 4.69) is 31.0 Å². The second-order valence-electron chi connectivity index (χ2n) is 6.38. The third-order valence-corrected chi connectivity index (χ3v) is 4.76. The van der Waals surface area contributed by atoms with Gasteiger partial charge in [-0.25, -0.2) is 0 Å². The van der Waals surface area contributed by atoms with Crippen molar-refractivity contribution >= 4 is 5.91 Å². The molecule has 0 heterocycles. The summed E-state index contributed by atoms with van der Waals surface area (Å²) in [6.45, 7) is 8.47. The Bertz CT molecular complexity index is 283. The van der Waals surface area contributed by atoms with Crippen molar-refractivity contribution in [2.75, 3.05) is 19.6 Å². The summed E-state index contributed by atoms with van der Waals surface area (Å²) in [6, 6.07) is 0.394. The van der Waals surface area contributed by atoms with Gasteiger partial charge >= 0.3 is 0 Å². The Hall–Kier alpha value is -0.610. The minimum Gasteiger partial charge on any atom is -0.352 e. The Balaban J connectivity index is 2.53. The molecule has 1 rings (SSSR count). The van der Waals surface area contributed by atoms with E-state index >= 15 is 0 Å². The van der Waals surface area contributed by atoms with E-state index < -0.39 is 0 Å². The van der Waals surface area contributed by atoms with Gasteiger partial charge in [-0.2, -0.15) is 0 Å². The van der Waals surface area contributed by atoms with Crippen molar-refractivity contribution in [2.45, 2.75) is 77.3 Å². The molecule has 1 amide bonds. The first-order valence-corrected chi connectivity index (χ1v) is 8.30. The standard InChI is InChI=1S/C16H33N3O/c1-4-11-19(16(3,5-2)13-17)12-15(20)18-14-9-7-6-8-10-14/h14H,4-13,17H2,1-3H3,(H,18,20). The molecule has 1 fully saturated rings. The van der Waals surface area contributed by atoms with Gasteiger partial charge in [0.25, 0.3) is 0 Å². The Morgan fingerprint density at radius 1 is 1.30 bits per heavy atom. The van der Waals surface area contributed by atoms with Crippen LogP contribution < -0.4 is 11.1 Å². The molecular formula is C16H33N3O. The highest BCUT2D eigenvalue weighted by atomic mass is 16.2. The lowest BCUT2D eigenvalue weighted by molar-refractivity contribution is -0.124. The number of nitrogens with zero attached hydrogens (tertiary/aromatic N) is 1. The van der Waals surface area contributed by atoms with Crippen molar-refractivity contribution in [1.29, 1.82) is 0 Å². The van der Waals surface area contributed by atoms with Gasteiger partial charge in [-0.1, -0.05) is 33.1 Å². The van der Waals surface area contributed by atoms with Crippen LogP contribution in [0.25, 0.3) is 0 Å². The third kappa shape index (κ3) is 5.06. The lowest BCUT2D eigenvalue weighted by Crippen LogP contribution is -2.55. The molecule has 4 nitrogen and oxygen atoms in total. The average molecular weight is 283 g/mol. The van der Waals surface area contributed by atoms with Crippen molar-refractivity contribution in [3.63, 3.8) is 0 Å². The van der Waals surface area contributed by atoms with Gasteiger partial charge < -0.3 is 11.1 Å². The summed E-state index contributed by atoms with van der Waals surface area (Å²) in [4.78, 5) is 14.5. The van der Waals surface area contributed by atoms with Crippen LogP contribution in [0.3, 0.4) is 0 Å². The molecule has 118 valence electrons. The zero-order chi connectivity index (χ0) is 15.0. The van der Waals surface area contributed by atoms with Crippen LogP contribution in [0.15, 0.2) is 0 Å². The number of amides is 1. The Morgan fingerprint density at radius 2 is 1.95 bits per heavy atom. The van der Waals surface area contributed by atoms with Crippen molar-refractivity contribution in [2.24, 2.45) is 5.73 Å². The zero-order valence-corrected chi connectivity index (χ0v) is 13.6. The fraction of sp³-hybridized carbons (Fsp3) is 0.938. The van der Waals surface area contributed by atoms with Gasteiger partial charge in [0.15, 0.2) is 0 Å². The van der Waals surface area contributed by atoms with E-state index in [0.717, 1.165) is 32.2 Å². The number of nitrogens with two attached hydrogens (primary N) is 1. The van der Waals surface area contributed by atoms with Gasteiger partial charge in [0, 0.05) is 18.1 Å². The van der Waals surface area contributed by atoms with E-state index in [1.165, 1.54) is 19.3 Å². The molecule has 0 aromatic carbocycles. The van der Waals surface area contributed by atoms with Crippen LogP contribution in [-0.2, 0) is 4.79 Å². The number of carbonyl (C=O) groups is 1. The highest BCUT2D eigenvalue weighted by Crippen LogP contribution is 2.19. The second-order valence-corrected chi connectivity index (χ2v) is 6.38. The summed E-state index contributed by atoms with van der Waals surface area (Å²) in [5.41, 5.74) is 5.87. The maximum absolute atomic E-state index is 12.3. The predicted molar refractivity (Wildman–Crippen MR) is 84.6 cm³/mol. The molecular weight excluding hydrogens is 250 g/mol. The lowest BCUT2D eigenvalue weighted by atomic mass is 9.95. The fourth-order valence-corrected chi connectivity index (χ4v) is 3.00. The summed E-state index contributed by atoms with van der Waals surface area (Å²) in [7, 11) is 0. The molecule has 0 radical (unpaired) electrons. The molecule has 1 aliphatic carbocycles. The van der Waals surface area contributed by atoms with Crippen molar-refractivity contribution < 1.29 is 4.79 Å². The summed E-state index contributed by atoms with van der Waals surface area (Å²) >= 11 is 0. The average Bonchev–Trinajstić information content (AvgIpc) is 2.47. The summed E-state index contributed by atoms with van der Waals surface area (Å²) in [5, 5.41) is 3.21. The second kappa shape index (κ2) is 8.63. The molecule has 0 aromatic heterocycles. The molecule has 1 aliphatic rings. The molecule has 0 aromatic rings. The molecule has 0 aliphatic heterocycles. The summed E-state index contributed by atoms with van der Waals surface area (Å²) < 4.78 is 0. The van der Waals surface area contributed by atoms with Gasteiger partial charge in [0.1, 0.15) is 0 Å². The van der Waals surface area contributed by atoms with E-state index in [1.807, 2.05) is 0 Å². The van der Waals surface area contributed by atoms with Gasteiger partial charge in [0.2, 0.25) is 5.91 Å². The zero-order valence-electron chi connectivity index (χ0n) is 13.6. The van der Waals surface area contributed by atoms with Gasteiger partial charge in [-0.15, -0.1) is 0 Å². The number of carbonyl (C=O) groups excluding carboxylic acids is 1. The maximum Gasteiger partial charge on any atom is 0.234 e. The first-order chi connectivity index (χ1) is 9.55. The van der Waals surface area contributed by atoms with E-state index in [1.54, 1.807) is 0 Å². The molecule has 1 saturated carbocycles. The van der Waals surface area contributed by atoms with Crippen LogP contribution in [0.1, 0.15) is 65.7 Å². The quantitative estimate of drug-likeness (QED) is 0.718. The van der Waals surface area contributed by atoms with Gasteiger partial charge in [0.05, 0.1) is 6.54 Å². The molecule has 0 bridgehead atoms. The first kappa shape index (κ1) is 17.4. The van der Waals surface area contributed by atoms with Crippen molar-refractivity contribution in [3.8, 4) is 0 Å². The van der Waals surface area contributed by atoms with E-state index in [4.69, 9.17) is 5.73 Å². The minimum absolute atomic E-state index is 0.0695. The summed E-state index contributed by atoms with van der Waals surface area (Å²) in [6.07, 6.45) is 8.11. The SMILES string of the molecule is CCCN(CC(=O)NC1CCCCC1)C(C)(CC)CN.